The molecule has 0 radical (unpaired) electrons. The summed E-state index contributed by atoms with van der Waals surface area (Å²) in [5, 5.41) is 2.82. The van der Waals surface area contributed by atoms with E-state index in [2.05, 4.69) is 5.32 Å². The number of morpholine rings is 1. The van der Waals surface area contributed by atoms with E-state index in [4.69, 9.17) is 16.3 Å². The van der Waals surface area contributed by atoms with Crippen molar-refractivity contribution < 1.29 is 22.3 Å². The lowest BCUT2D eigenvalue weighted by molar-refractivity contribution is -0.0440. The van der Waals surface area contributed by atoms with E-state index in [9.17, 15) is 17.6 Å². The lowest BCUT2D eigenvalue weighted by Gasteiger charge is -2.34. The van der Waals surface area contributed by atoms with Crippen molar-refractivity contribution in [3.63, 3.8) is 0 Å². The van der Waals surface area contributed by atoms with E-state index in [1.807, 2.05) is 13.8 Å². The molecule has 3 rings (SSSR count). The number of hydrogen-bond donors (Lipinski definition) is 1. The molecule has 1 N–H and O–H groups in total. The highest BCUT2D eigenvalue weighted by atomic mass is 35.5. The molecular formula is C23H28ClFN2O4S. The Labute approximate surface area is 193 Å². The largest absolute Gasteiger partial charge is 0.373 e. The number of amides is 1. The molecule has 2 atom stereocenters. The van der Waals surface area contributed by atoms with Gasteiger partial charge in [-0.2, -0.15) is 4.31 Å². The van der Waals surface area contributed by atoms with Crippen LogP contribution in [0.1, 0.15) is 43.6 Å². The van der Waals surface area contributed by atoms with Crippen molar-refractivity contribution in [2.24, 2.45) is 0 Å². The second-order valence-corrected chi connectivity index (χ2v) is 11.1. The van der Waals surface area contributed by atoms with E-state index in [1.165, 1.54) is 28.6 Å². The van der Waals surface area contributed by atoms with Crippen molar-refractivity contribution in [3.05, 3.63) is 64.4 Å². The van der Waals surface area contributed by atoms with Gasteiger partial charge in [0.1, 0.15) is 10.7 Å². The SMILES string of the molecule is CC1CN(S(=O)(=O)c2cc(C(=O)NCC(C)(C)c3ccccc3F)ccc2Cl)CC(C)O1. The predicted octanol–water partition coefficient (Wildman–Crippen LogP) is 3.98. The molecule has 0 saturated carbocycles. The van der Waals surface area contributed by atoms with Crippen LogP contribution in [0.4, 0.5) is 4.39 Å². The normalized spacial score (nSPS) is 20.2. The molecule has 0 aliphatic carbocycles. The number of sulfonamides is 1. The fourth-order valence-electron chi connectivity index (χ4n) is 3.82. The van der Waals surface area contributed by atoms with Gasteiger partial charge in [-0.3, -0.25) is 4.79 Å². The van der Waals surface area contributed by atoms with E-state index in [0.717, 1.165) is 0 Å². The van der Waals surface area contributed by atoms with Crippen molar-refractivity contribution in [2.75, 3.05) is 19.6 Å². The molecule has 174 valence electrons. The number of ether oxygens (including phenoxy) is 1. The van der Waals surface area contributed by atoms with Gasteiger partial charge in [0, 0.05) is 30.6 Å². The standard InChI is InChI=1S/C23H28ClFN2O4S/c1-15-12-27(13-16(2)31-15)32(29,30)21-11-17(9-10-19(21)24)22(28)26-14-23(3,4)18-7-5-6-8-20(18)25/h5-11,15-16H,12-14H2,1-4H3,(H,26,28). The Balaban J connectivity index is 1.80. The van der Waals surface area contributed by atoms with Crippen LogP contribution in [0.25, 0.3) is 0 Å². The molecule has 2 unspecified atom stereocenters. The van der Waals surface area contributed by atoms with Gasteiger partial charge in [0.25, 0.3) is 5.91 Å². The van der Waals surface area contributed by atoms with Crippen LogP contribution in [0.5, 0.6) is 0 Å². The van der Waals surface area contributed by atoms with Crippen LogP contribution in [0.3, 0.4) is 0 Å². The molecule has 1 fully saturated rings. The number of nitrogens with zero attached hydrogens (tertiary/aromatic N) is 1. The van der Waals surface area contributed by atoms with Gasteiger partial charge in [0.05, 0.1) is 17.2 Å². The number of nitrogens with one attached hydrogen (secondary N) is 1. The summed E-state index contributed by atoms with van der Waals surface area (Å²) >= 11 is 6.21. The van der Waals surface area contributed by atoms with Gasteiger partial charge in [0.15, 0.2) is 0 Å². The van der Waals surface area contributed by atoms with Gasteiger partial charge in [-0.25, -0.2) is 12.8 Å². The monoisotopic (exact) mass is 482 g/mol. The zero-order chi connectivity index (χ0) is 23.7. The Morgan fingerprint density at radius 3 is 2.44 bits per heavy atom. The third-order valence-corrected chi connectivity index (χ3v) is 7.80. The Bertz CT molecular complexity index is 1100. The maximum atomic E-state index is 14.2. The quantitative estimate of drug-likeness (QED) is 0.675. The lowest BCUT2D eigenvalue weighted by atomic mass is 9.84. The van der Waals surface area contributed by atoms with Crippen LogP contribution in [0.2, 0.25) is 5.02 Å². The van der Waals surface area contributed by atoms with Gasteiger partial charge in [-0.1, -0.05) is 43.6 Å². The maximum absolute atomic E-state index is 14.2. The van der Waals surface area contributed by atoms with Crippen molar-refractivity contribution in [3.8, 4) is 0 Å². The molecule has 6 nitrogen and oxygen atoms in total. The summed E-state index contributed by atoms with van der Waals surface area (Å²) in [6, 6.07) is 10.6. The topological polar surface area (TPSA) is 75.7 Å². The first-order valence-electron chi connectivity index (χ1n) is 10.4. The highest BCUT2D eigenvalue weighted by molar-refractivity contribution is 7.89. The molecule has 0 spiro atoms. The summed E-state index contributed by atoms with van der Waals surface area (Å²) < 4.78 is 47.6. The Morgan fingerprint density at radius 1 is 1.19 bits per heavy atom. The molecule has 2 aromatic carbocycles. The molecule has 1 aliphatic rings. The Hall–Kier alpha value is -2.00. The van der Waals surface area contributed by atoms with E-state index < -0.39 is 21.3 Å². The van der Waals surface area contributed by atoms with Gasteiger partial charge < -0.3 is 10.1 Å². The minimum Gasteiger partial charge on any atom is -0.373 e. The first-order chi connectivity index (χ1) is 14.9. The zero-order valence-electron chi connectivity index (χ0n) is 18.6. The van der Waals surface area contributed by atoms with Crippen LogP contribution in [-0.4, -0.2) is 50.5 Å². The molecule has 2 aromatic rings. The molecule has 0 bridgehead atoms. The maximum Gasteiger partial charge on any atom is 0.251 e. The fourth-order valence-corrected chi connectivity index (χ4v) is 5.91. The van der Waals surface area contributed by atoms with Gasteiger partial charge in [-0.15, -0.1) is 0 Å². The fraction of sp³-hybridized carbons (Fsp3) is 0.435. The van der Waals surface area contributed by atoms with Crippen LogP contribution in [0.15, 0.2) is 47.4 Å². The summed E-state index contributed by atoms with van der Waals surface area (Å²) in [5.74, 6) is -0.813. The summed E-state index contributed by atoms with van der Waals surface area (Å²) in [7, 11) is -3.91. The first-order valence-corrected chi connectivity index (χ1v) is 12.2. The number of halogens is 2. The van der Waals surface area contributed by atoms with Crippen LogP contribution < -0.4 is 5.32 Å². The highest BCUT2D eigenvalue weighted by Gasteiger charge is 2.34. The smallest absolute Gasteiger partial charge is 0.251 e. The second-order valence-electron chi connectivity index (χ2n) is 8.77. The predicted molar refractivity (Wildman–Crippen MR) is 122 cm³/mol. The Morgan fingerprint density at radius 2 is 1.81 bits per heavy atom. The van der Waals surface area contributed by atoms with Crippen molar-refractivity contribution in [2.45, 2.75) is 50.2 Å². The summed E-state index contributed by atoms with van der Waals surface area (Å²) in [6.07, 6.45) is -0.501. The van der Waals surface area contributed by atoms with Crippen molar-refractivity contribution in [1.29, 1.82) is 0 Å². The summed E-state index contributed by atoms with van der Waals surface area (Å²) in [4.78, 5) is 12.7. The number of benzene rings is 2. The third-order valence-electron chi connectivity index (χ3n) is 5.49. The molecule has 32 heavy (non-hydrogen) atoms. The van der Waals surface area contributed by atoms with Crippen LogP contribution in [0, 0.1) is 5.82 Å². The van der Waals surface area contributed by atoms with Crippen LogP contribution in [-0.2, 0) is 20.2 Å². The second kappa shape index (κ2) is 9.47. The number of carbonyl (C=O) groups excluding carboxylic acids is 1. The Kier molecular flexibility index (Phi) is 7.29. The third kappa shape index (κ3) is 5.31. The van der Waals surface area contributed by atoms with E-state index in [1.54, 1.807) is 32.0 Å². The minimum absolute atomic E-state index is 0.0417. The molecule has 9 heteroatoms. The summed E-state index contributed by atoms with van der Waals surface area (Å²) in [5.41, 5.74) is -0.0236. The molecule has 1 heterocycles. The molecule has 1 amide bonds. The number of rotatable bonds is 6. The van der Waals surface area contributed by atoms with Crippen molar-refractivity contribution >= 4 is 27.5 Å². The minimum atomic E-state index is -3.91. The van der Waals surface area contributed by atoms with Gasteiger partial charge >= 0.3 is 0 Å². The van der Waals surface area contributed by atoms with Crippen LogP contribution >= 0.6 is 11.6 Å². The summed E-state index contributed by atoms with van der Waals surface area (Å²) in [6.45, 7) is 7.83. The lowest BCUT2D eigenvalue weighted by Crippen LogP contribution is -2.48. The van der Waals surface area contributed by atoms with E-state index in [0.29, 0.717) is 5.56 Å². The number of hydrogen-bond acceptors (Lipinski definition) is 4. The average molecular weight is 483 g/mol. The van der Waals surface area contributed by atoms with Gasteiger partial charge in [0.2, 0.25) is 10.0 Å². The van der Waals surface area contributed by atoms with E-state index >= 15 is 0 Å². The molecule has 0 aromatic heterocycles. The van der Waals surface area contributed by atoms with Gasteiger partial charge in [-0.05, 0) is 43.7 Å². The first kappa shape index (κ1) is 24.6. The number of carbonyl (C=O) groups is 1. The van der Waals surface area contributed by atoms with Crippen molar-refractivity contribution in [1.82, 2.24) is 9.62 Å². The zero-order valence-corrected chi connectivity index (χ0v) is 20.1. The molecule has 1 aliphatic heterocycles. The molecule has 1 saturated heterocycles. The average Bonchev–Trinajstić information content (AvgIpc) is 2.71. The molecular weight excluding hydrogens is 455 g/mol. The van der Waals surface area contributed by atoms with E-state index in [-0.39, 0.29) is 53.1 Å². The highest BCUT2D eigenvalue weighted by Crippen LogP contribution is 2.29.